The number of rotatable bonds is 6. The Morgan fingerprint density at radius 2 is 2.08 bits per heavy atom. The van der Waals surface area contributed by atoms with Crippen molar-refractivity contribution in [2.75, 3.05) is 25.5 Å². The molecule has 0 spiro atoms. The van der Waals surface area contributed by atoms with E-state index < -0.39 is 11.7 Å². The van der Waals surface area contributed by atoms with Gasteiger partial charge >= 0.3 is 0 Å². The molecular weight excluding hydrogens is 335 g/mol. The average molecular weight is 356 g/mol. The molecule has 3 rings (SSSR count). The van der Waals surface area contributed by atoms with Gasteiger partial charge in [0.15, 0.2) is 0 Å². The van der Waals surface area contributed by atoms with Crippen molar-refractivity contribution in [3.63, 3.8) is 0 Å². The largest absolute Gasteiger partial charge is 0.497 e. The van der Waals surface area contributed by atoms with Crippen LogP contribution in [0, 0.1) is 11.7 Å². The fourth-order valence-electron chi connectivity index (χ4n) is 3.07. The van der Waals surface area contributed by atoms with Crippen LogP contribution in [0.3, 0.4) is 0 Å². The molecule has 1 heterocycles. The summed E-state index contributed by atoms with van der Waals surface area (Å²) in [5.41, 5.74) is 1.47. The molecule has 136 valence electrons. The minimum Gasteiger partial charge on any atom is -0.497 e. The van der Waals surface area contributed by atoms with Gasteiger partial charge in [0.05, 0.1) is 13.0 Å². The molecule has 0 saturated carbocycles. The standard InChI is InChI=1S/C20H21FN2O3/c1-26-18-7-2-4-14(10-18)8-9-23-13-15(11-19(23)24)20(25)22-17-6-3-5-16(21)12-17/h2-7,10,12,15H,8-9,11,13H2,1H3,(H,22,25). The van der Waals surface area contributed by atoms with Crippen molar-refractivity contribution >= 4 is 17.5 Å². The van der Waals surface area contributed by atoms with Gasteiger partial charge in [-0.25, -0.2) is 4.39 Å². The summed E-state index contributed by atoms with van der Waals surface area (Å²) in [7, 11) is 1.62. The fourth-order valence-corrected chi connectivity index (χ4v) is 3.07. The molecule has 1 fully saturated rings. The summed E-state index contributed by atoms with van der Waals surface area (Å²) in [6.45, 7) is 0.930. The second-order valence-electron chi connectivity index (χ2n) is 6.34. The van der Waals surface area contributed by atoms with Crippen LogP contribution in [-0.2, 0) is 16.0 Å². The predicted molar refractivity (Wildman–Crippen MR) is 96.4 cm³/mol. The number of benzene rings is 2. The van der Waals surface area contributed by atoms with E-state index in [2.05, 4.69) is 5.32 Å². The number of ether oxygens (including phenoxy) is 1. The molecule has 2 aromatic carbocycles. The number of carbonyl (C=O) groups is 2. The number of hydrogen-bond acceptors (Lipinski definition) is 3. The summed E-state index contributed by atoms with van der Waals surface area (Å²) in [5, 5.41) is 2.68. The second kappa shape index (κ2) is 7.99. The summed E-state index contributed by atoms with van der Waals surface area (Å²) in [4.78, 5) is 26.3. The number of anilines is 1. The molecule has 1 aliphatic rings. The molecule has 1 atom stereocenters. The number of methoxy groups -OCH3 is 1. The monoisotopic (exact) mass is 356 g/mol. The van der Waals surface area contributed by atoms with Crippen LogP contribution >= 0.6 is 0 Å². The van der Waals surface area contributed by atoms with Gasteiger partial charge in [-0.1, -0.05) is 18.2 Å². The van der Waals surface area contributed by atoms with Crippen LogP contribution < -0.4 is 10.1 Å². The van der Waals surface area contributed by atoms with Gasteiger partial charge in [-0.2, -0.15) is 0 Å². The first-order valence-corrected chi connectivity index (χ1v) is 8.52. The minimum atomic E-state index is -0.420. The smallest absolute Gasteiger partial charge is 0.229 e. The summed E-state index contributed by atoms with van der Waals surface area (Å²) >= 11 is 0. The van der Waals surface area contributed by atoms with Crippen LogP contribution in [0.5, 0.6) is 5.75 Å². The average Bonchev–Trinajstić information content (AvgIpc) is 3.01. The number of hydrogen-bond donors (Lipinski definition) is 1. The molecule has 0 bridgehead atoms. The lowest BCUT2D eigenvalue weighted by molar-refractivity contribution is -0.128. The summed E-state index contributed by atoms with van der Waals surface area (Å²) in [6.07, 6.45) is 0.875. The van der Waals surface area contributed by atoms with Crippen LogP contribution in [0.25, 0.3) is 0 Å². The van der Waals surface area contributed by atoms with Gasteiger partial charge in [0.2, 0.25) is 11.8 Å². The molecule has 1 saturated heterocycles. The molecule has 0 radical (unpaired) electrons. The van der Waals surface area contributed by atoms with Crippen molar-refractivity contribution in [3.8, 4) is 5.75 Å². The third kappa shape index (κ3) is 4.39. The van der Waals surface area contributed by atoms with Gasteiger partial charge in [-0.05, 0) is 42.3 Å². The summed E-state index contributed by atoms with van der Waals surface area (Å²) in [6, 6.07) is 13.4. The molecule has 1 unspecified atom stereocenters. The molecule has 0 aromatic heterocycles. The lowest BCUT2D eigenvalue weighted by Gasteiger charge is -2.17. The van der Waals surface area contributed by atoms with E-state index in [1.165, 1.54) is 18.2 Å². The van der Waals surface area contributed by atoms with Crippen molar-refractivity contribution < 1.29 is 18.7 Å². The van der Waals surface area contributed by atoms with E-state index in [-0.39, 0.29) is 18.2 Å². The number of amides is 2. The van der Waals surface area contributed by atoms with Crippen molar-refractivity contribution in [1.29, 1.82) is 0 Å². The molecular formula is C20H21FN2O3. The quantitative estimate of drug-likeness (QED) is 0.866. The highest BCUT2D eigenvalue weighted by Crippen LogP contribution is 2.21. The lowest BCUT2D eigenvalue weighted by atomic mass is 10.1. The third-order valence-electron chi connectivity index (χ3n) is 4.48. The highest BCUT2D eigenvalue weighted by molar-refractivity contribution is 5.97. The maximum Gasteiger partial charge on any atom is 0.229 e. The van der Waals surface area contributed by atoms with E-state index in [9.17, 15) is 14.0 Å². The van der Waals surface area contributed by atoms with E-state index in [4.69, 9.17) is 4.74 Å². The molecule has 2 amide bonds. The second-order valence-corrected chi connectivity index (χ2v) is 6.34. The lowest BCUT2D eigenvalue weighted by Crippen LogP contribution is -2.30. The molecule has 1 aliphatic heterocycles. The Bertz CT molecular complexity index is 809. The van der Waals surface area contributed by atoms with Gasteiger partial charge < -0.3 is 15.0 Å². The maximum atomic E-state index is 13.2. The Hall–Kier alpha value is -2.89. The third-order valence-corrected chi connectivity index (χ3v) is 4.48. The summed E-state index contributed by atoms with van der Waals surface area (Å²) < 4.78 is 18.4. The summed E-state index contributed by atoms with van der Waals surface area (Å²) in [5.74, 6) is -0.344. The Kier molecular flexibility index (Phi) is 5.51. The zero-order valence-corrected chi connectivity index (χ0v) is 14.6. The van der Waals surface area contributed by atoms with Gasteiger partial charge in [0, 0.05) is 25.2 Å². The Balaban J connectivity index is 1.55. The first-order chi connectivity index (χ1) is 12.5. The highest BCUT2D eigenvalue weighted by Gasteiger charge is 2.34. The normalized spacial score (nSPS) is 16.6. The molecule has 6 heteroatoms. The molecule has 0 aliphatic carbocycles. The number of nitrogens with zero attached hydrogens (tertiary/aromatic N) is 1. The van der Waals surface area contributed by atoms with E-state index in [1.54, 1.807) is 18.1 Å². The first-order valence-electron chi connectivity index (χ1n) is 8.52. The Morgan fingerprint density at radius 3 is 2.85 bits per heavy atom. The van der Waals surface area contributed by atoms with Gasteiger partial charge in [-0.15, -0.1) is 0 Å². The highest BCUT2D eigenvalue weighted by atomic mass is 19.1. The van der Waals surface area contributed by atoms with E-state index >= 15 is 0 Å². The van der Waals surface area contributed by atoms with E-state index in [0.717, 1.165) is 11.3 Å². The van der Waals surface area contributed by atoms with E-state index in [0.29, 0.717) is 25.2 Å². The van der Waals surface area contributed by atoms with Gasteiger partial charge in [0.1, 0.15) is 11.6 Å². The number of likely N-dealkylation sites (tertiary alicyclic amines) is 1. The van der Waals surface area contributed by atoms with E-state index in [1.807, 2.05) is 24.3 Å². The zero-order valence-electron chi connectivity index (χ0n) is 14.6. The maximum absolute atomic E-state index is 13.2. The Morgan fingerprint density at radius 1 is 1.27 bits per heavy atom. The zero-order chi connectivity index (χ0) is 18.5. The van der Waals surface area contributed by atoms with Crippen LogP contribution in [0.2, 0.25) is 0 Å². The first kappa shape index (κ1) is 17.9. The SMILES string of the molecule is COc1cccc(CCN2CC(C(=O)Nc3cccc(F)c3)CC2=O)c1. The van der Waals surface area contributed by atoms with Crippen LogP contribution in [0.15, 0.2) is 48.5 Å². The number of halogens is 1. The van der Waals surface area contributed by atoms with Gasteiger partial charge in [0.25, 0.3) is 0 Å². The van der Waals surface area contributed by atoms with Crippen molar-refractivity contribution in [3.05, 3.63) is 59.9 Å². The number of nitrogens with one attached hydrogen (secondary N) is 1. The molecule has 5 nitrogen and oxygen atoms in total. The van der Waals surface area contributed by atoms with Crippen molar-refractivity contribution in [1.82, 2.24) is 4.90 Å². The number of carbonyl (C=O) groups excluding carboxylic acids is 2. The fraction of sp³-hybridized carbons (Fsp3) is 0.300. The van der Waals surface area contributed by atoms with Crippen LogP contribution in [0.1, 0.15) is 12.0 Å². The van der Waals surface area contributed by atoms with Crippen LogP contribution in [0.4, 0.5) is 10.1 Å². The van der Waals surface area contributed by atoms with Crippen molar-refractivity contribution in [2.45, 2.75) is 12.8 Å². The molecule has 26 heavy (non-hydrogen) atoms. The molecule has 2 aromatic rings. The van der Waals surface area contributed by atoms with Crippen LogP contribution in [-0.4, -0.2) is 36.9 Å². The van der Waals surface area contributed by atoms with Crippen molar-refractivity contribution in [2.24, 2.45) is 5.92 Å². The predicted octanol–water partition coefficient (Wildman–Crippen LogP) is 2.86. The molecule has 1 N–H and O–H groups in total. The topological polar surface area (TPSA) is 58.6 Å². The Labute approximate surface area is 151 Å². The van der Waals surface area contributed by atoms with Gasteiger partial charge in [-0.3, -0.25) is 9.59 Å². The minimum absolute atomic E-state index is 0.0349.